The molecular formula is C4H10CuN3O3-. The summed E-state index contributed by atoms with van der Waals surface area (Å²) in [5, 5.41) is 14.8. The van der Waals surface area contributed by atoms with Crippen LogP contribution >= 0.6 is 0 Å². The van der Waals surface area contributed by atoms with Gasteiger partial charge in [0.05, 0.1) is 5.09 Å². The number of nitrogens with two attached hydrogens (primary N) is 2. The third kappa shape index (κ3) is 282. The second-order valence-electron chi connectivity index (χ2n) is 0.695. The molecule has 0 spiro atoms. The SMILES string of the molecule is C=CN.C=CN.O=[N+]([O-])[O-].[Cu]. The van der Waals surface area contributed by atoms with Crippen LogP contribution in [0.3, 0.4) is 0 Å². The van der Waals surface area contributed by atoms with E-state index in [1.807, 2.05) is 0 Å². The van der Waals surface area contributed by atoms with Crippen molar-refractivity contribution in [1.29, 1.82) is 0 Å². The second-order valence-corrected chi connectivity index (χ2v) is 0.695. The molecule has 0 saturated heterocycles. The molecule has 1 radical (unpaired) electrons. The third-order valence-electron chi connectivity index (χ3n) is 0. The van der Waals surface area contributed by atoms with Crippen LogP contribution in [0.25, 0.3) is 0 Å². The van der Waals surface area contributed by atoms with Gasteiger partial charge in [-0.3, -0.25) is 0 Å². The molecule has 0 fully saturated rings. The zero-order chi connectivity index (χ0) is 8.99. The normalized spacial score (nSPS) is 4.36. The average Bonchev–Trinajstić information content (AvgIpc) is 1.65. The van der Waals surface area contributed by atoms with Crippen molar-refractivity contribution in [3.05, 3.63) is 40.9 Å². The monoisotopic (exact) mass is 211 g/mol. The summed E-state index contributed by atoms with van der Waals surface area (Å²) in [5.74, 6) is 0. The van der Waals surface area contributed by atoms with Gasteiger partial charge < -0.3 is 26.8 Å². The first-order valence-electron chi connectivity index (χ1n) is 2.03. The molecule has 0 aliphatic rings. The summed E-state index contributed by atoms with van der Waals surface area (Å²) in [7, 11) is 0. The number of nitrogens with zero attached hydrogens (tertiary/aromatic N) is 1. The predicted molar refractivity (Wildman–Crippen MR) is 39.1 cm³/mol. The van der Waals surface area contributed by atoms with Gasteiger partial charge in [-0.2, -0.15) is 0 Å². The number of hydrogen-bond donors (Lipinski definition) is 2. The maximum Gasteiger partial charge on any atom is 0.0689 e. The summed E-state index contributed by atoms with van der Waals surface area (Å²) < 4.78 is 0. The predicted octanol–water partition coefficient (Wildman–Crippen LogP) is -0.0644. The van der Waals surface area contributed by atoms with E-state index in [0.717, 1.165) is 0 Å². The molecule has 7 heteroatoms. The van der Waals surface area contributed by atoms with Crippen molar-refractivity contribution in [3.63, 3.8) is 0 Å². The maximum absolute atomic E-state index is 8.25. The summed E-state index contributed by atoms with van der Waals surface area (Å²) in [6.45, 7) is 6.28. The van der Waals surface area contributed by atoms with Crippen molar-refractivity contribution in [1.82, 2.24) is 0 Å². The molecule has 0 rings (SSSR count). The molecule has 4 N–H and O–H groups in total. The molecule has 0 saturated carbocycles. The quantitative estimate of drug-likeness (QED) is 0.331. The van der Waals surface area contributed by atoms with Crippen LogP contribution in [0.2, 0.25) is 0 Å². The van der Waals surface area contributed by atoms with Crippen molar-refractivity contribution in [3.8, 4) is 0 Å². The standard InChI is InChI=1S/2C2H5N.Cu.NO3/c2*1-2-3;;2-1(3)4/h2*2H,1,3H2;;/q;;;-1. The van der Waals surface area contributed by atoms with E-state index in [9.17, 15) is 0 Å². The Morgan fingerprint density at radius 1 is 1.18 bits per heavy atom. The molecule has 0 aromatic heterocycles. The molecule has 0 aromatic carbocycles. The molecule has 0 aliphatic heterocycles. The Morgan fingerprint density at radius 2 is 1.18 bits per heavy atom. The molecular weight excluding hydrogens is 202 g/mol. The molecule has 0 amide bonds. The van der Waals surface area contributed by atoms with Gasteiger partial charge in [0.15, 0.2) is 0 Å². The smallest absolute Gasteiger partial charge is 0.0689 e. The first kappa shape index (κ1) is 22.6. The van der Waals surface area contributed by atoms with Gasteiger partial charge in [-0.15, -0.1) is 0 Å². The Labute approximate surface area is 75.1 Å². The van der Waals surface area contributed by atoms with Crippen molar-refractivity contribution < 1.29 is 22.2 Å². The fourth-order valence-corrected chi connectivity index (χ4v) is 0. The second kappa shape index (κ2) is 37.1. The molecule has 0 heterocycles. The first-order chi connectivity index (χ1) is 4.56. The summed E-state index contributed by atoms with van der Waals surface area (Å²) >= 11 is 0. The zero-order valence-electron chi connectivity index (χ0n) is 5.70. The van der Waals surface area contributed by atoms with Gasteiger partial charge in [-0.05, 0) is 12.4 Å². The van der Waals surface area contributed by atoms with E-state index in [1.165, 1.54) is 12.4 Å². The summed E-state index contributed by atoms with van der Waals surface area (Å²) in [4.78, 5) is 8.25. The molecule has 6 nitrogen and oxygen atoms in total. The number of hydrogen-bond acceptors (Lipinski definition) is 5. The van der Waals surface area contributed by atoms with Crippen molar-refractivity contribution in [2.45, 2.75) is 0 Å². The van der Waals surface area contributed by atoms with Gasteiger partial charge in [0.1, 0.15) is 0 Å². The summed E-state index contributed by atoms with van der Waals surface area (Å²) in [6.07, 6.45) is 2.50. The van der Waals surface area contributed by atoms with Gasteiger partial charge in [-0.25, -0.2) is 0 Å². The Kier molecular flexibility index (Phi) is 76.0. The van der Waals surface area contributed by atoms with Crippen LogP contribution < -0.4 is 11.5 Å². The van der Waals surface area contributed by atoms with Crippen LogP contribution in [0.5, 0.6) is 0 Å². The molecule has 0 aromatic rings. The topological polar surface area (TPSA) is 118 Å². The Bertz CT molecular complexity index is 88.6. The molecule has 0 unspecified atom stereocenters. The maximum atomic E-state index is 8.25. The minimum atomic E-state index is -1.75. The molecule has 11 heavy (non-hydrogen) atoms. The van der Waals surface area contributed by atoms with Crippen LogP contribution in [0, 0.1) is 15.3 Å². The van der Waals surface area contributed by atoms with Crippen LogP contribution in [0.4, 0.5) is 0 Å². The van der Waals surface area contributed by atoms with E-state index >= 15 is 0 Å². The van der Waals surface area contributed by atoms with E-state index in [0.29, 0.717) is 0 Å². The molecule has 0 aliphatic carbocycles. The van der Waals surface area contributed by atoms with Crippen molar-refractivity contribution in [2.24, 2.45) is 11.5 Å². The van der Waals surface area contributed by atoms with E-state index in [2.05, 4.69) is 24.6 Å². The molecule has 0 atom stereocenters. The van der Waals surface area contributed by atoms with Gasteiger partial charge in [0.2, 0.25) is 0 Å². The van der Waals surface area contributed by atoms with Gasteiger partial charge in [0.25, 0.3) is 0 Å². The third-order valence-corrected chi connectivity index (χ3v) is 0. The van der Waals surface area contributed by atoms with Gasteiger partial charge in [0, 0.05) is 17.1 Å². The average molecular weight is 212 g/mol. The summed E-state index contributed by atoms with van der Waals surface area (Å²) in [6, 6.07) is 0. The van der Waals surface area contributed by atoms with Crippen molar-refractivity contribution in [2.75, 3.05) is 0 Å². The fourth-order valence-electron chi connectivity index (χ4n) is 0. The largest absolute Gasteiger partial charge is 0.405 e. The zero-order valence-corrected chi connectivity index (χ0v) is 6.64. The van der Waals surface area contributed by atoms with Crippen LogP contribution in [-0.4, -0.2) is 5.09 Å². The molecule has 0 bridgehead atoms. The Morgan fingerprint density at radius 3 is 1.18 bits per heavy atom. The summed E-state index contributed by atoms with van der Waals surface area (Å²) in [5.41, 5.74) is 9.22. The van der Waals surface area contributed by atoms with Crippen LogP contribution in [0.1, 0.15) is 0 Å². The van der Waals surface area contributed by atoms with E-state index in [-0.39, 0.29) is 17.1 Å². The fraction of sp³-hybridized carbons (Fsp3) is 0. The van der Waals surface area contributed by atoms with E-state index < -0.39 is 5.09 Å². The van der Waals surface area contributed by atoms with Crippen LogP contribution in [0.15, 0.2) is 25.6 Å². The molecule has 71 valence electrons. The van der Waals surface area contributed by atoms with Gasteiger partial charge in [-0.1, -0.05) is 13.2 Å². The Balaban J connectivity index is -0.0000000325. The van der Waals surface area contributed by atoms with Crippen LogP contribution in [-0.2, 0) is 17.1 Å². The van der Waals surface area contributed by atoms with Crippen molar-refractivity contribution >= 4 is 0 Å². The Hall–Kier alpha value is -1.20. The van der Waals surface area contributed by atoms with Gasteiger partial charge >= 0.3 is 0 Å². The van der Waals surface area contributed by atoms with E-state index in [1.54, 1.807) is 0 Å². The minimum absolute atomic E-state index is 0. The minimum Gasteiger partial charge on any atom is -0.405 e. The first-order valence-corrected chi connectivity index (χ1v) is 2.03. The van der Waals surface area contributed by atoms with E-state index in [4.69, 9.17) is 15.3 Å². The number of rotatable bonds is 0.